The smallest absolute Gasteiger partial charge is 0.134 e. The van der Waals surface area contributed by atoms with E-state index in [0.717, 1.165) is 60.1 Å². The third kappa shape index (κ3) is 5.47. The van der Waals surface area contributed by atoms with E-state index in [1.54, 1.807) is 0 Å². The molecule has 3 heterocycles. The van der Waals surface area contributed by atoms with Crippen LogP contribution in [0.3, 0.4) is 0 Å². The molecule has 0 saturated carbocycles. The molecule has 1 aromatic heterocycles. The van der Waals surface area contributed by atoms with Gasteiger partial charge in [0.05, 0.1) is 22.4 Å². The molecule has 0 radical (unpaired) electrons. The maximum atomic E-state index is 6.21. The van der Waals surface area contributed by atoms with Crippen LogP contribution in [0, 0.1) is 18.8 Å². The number of halogens is 1. The Hall–Kier alpha value is -3.22. The lowest BCUT2D eigenvalue weighted by Crippen LogP contribution is -2.42. The Kier molecular flexibility index (Phi) is 7.43. The minimum Gasteiger partial charge on any atom is -0.489 e. The van der Waals surface area contributed by atoms with Gasteiger partial charge in [0.15, 0.2) is 0 Å². The zero-order valence-electron chi connectivity index (χ0n) is 21.9. The molecule has 1 saturated heterocycles. The van der Waals surface area contributed by atoms with Crippen molar-refractivity contribution in [1.82, 2.24) is 15.3 Å². The number of para-hydroxylation sites is 3. The van der Waals surface area contributed by atoms with Crippen LogP contribution in [0.15, 0.2) is 66.7 Å². The predicted octanol–water partition coefficient (Wildman–Crippen LogP) is 6.41. The molecule has 2 aliphatic rings. The molecule has 198 valence electrons. The van der Waals surface area contributed by atoms with Crippen molar-refractivity contribution in [3.63, 3.8) is 0 Å². The van der Waals surface area contributed by atoms with E-state index in [4.69, 9.17) is 21.3 Å². The fraction of sp³-hybridized carbons (Fsp3) is 0.387. The van der Waals surface area contributed by atoms with Gasteiger partial charge in [-0.25, -0.2) is 4.98 Å². The Labute approximate surface area is 229 Å². The number of fused-ring (bicyclic) bond motifs is 2. The number of nitrogens with zero attached hydrogens (tertiary/aromatic N) is 2. The molecular weight excluding hydrogens is 494 g/mol. The number of piperidine rings is 1. The minimum atomic E-state index is 0.0710. The van der Waals surface area contributed by atoms with Gasteiger partial charge in [0.25, 0.3) is 0 Å². The molecule has 2 aliphatic heterocycles. The number of aryl methyl sites for hydroxylation is 1. The number of hydrogen-bond donors (Lipinski definition) is 3. The first kappa shape index (κ1) is 25.1. The summed E-state index contributed by atoms with van der Waals surface area (Å²) in [6.07, 6.45) is 4.60. The molecule has 7 heteroatoms. The van der Waals surface area contributed by atoms with E-state index in [1.807, 2.05) is 24.3 Å². The van der Waals surface area contributed by atoms with Gasteiger partial charge >= 0.3 is 0 Å². The predicted molar refractivity (Wildman–Crippen MR) is 156 cm³/mol. The maximum absolute atomic E-state index is 6.21. The van der Waals surface area contributed by atoms with E-state index < -0.39 is 0 Å². The monoisotopic (exact) mass is 529 g/mol. The van der Waals surface area contributed by atoms with Crippen LogP contribution >= 0.6 is 11.6 Å². The van der Waals surface area contributed by atoms with E-state index in [1.165, 1.54) is 29.8 Å². The average Bonchev–Trinajstić information content (AvgIpc) is 3.52. The van der Waals surface area contributed by atoms with Gasteiger partial charge < -0.3 is 25.3 Å². The lowest BCUT2D eigenvalue weighted by Gasteiger charge is -2.34. The summed E-state index contributed by atoms with van der Waals surface area (Å²) >= 11 is 6.07. The standard InChI is InChI=1S/C31H36ClN5O/c1-21-5-4-8-28-31(21)37(30(36-28)20-38-25-11-9-24(32)10-12-25)18-15-23(22-13-16-33-17-14-22)19-29-34-26-6-2-3-7-27(26)35-29/h2-12,22-23,30,33,36H,13-20H2,1H3,(H,34,35). The second-order valence-electron chi connectivity index (χ2n) is 10.6. The number of benzene rings is 3. The van der Waals surface area contributed by atoms with Crippen LogP contribution < -0.4 is 20.3 Å². The maximum Gasteiger partial charge on any atom is 0.134 e. The summed E-state index contributed by atoms with van der Waals surface area (Å²) in [4.78, 5) is 11.0. The number of imidazole rings is 1. The van der Waals surface area contributed by atoms with Crippen LogP contribution in [0.2, 0.25) is 5.02 Å². The first-order valence-electron chi connectivity index (χ1n) is 13.8. The molecule has 2 unspecified atom stereocenters. The minimum absolute atomic E-state index is 0.0710. The first-order valence-corrected chi connectivity index (χ1v) is 14.2. The van der Waals surface area contributed by atoms with Crippen molar-refractivity contribution in [2.24, 2.45) is 11.8 Å². The molecule has 0 spiro atoms. The molecule has 38 heavy (non-hydrogen) atoms. The number of aromatic amines is 1. The largest absolute Gasteiger partial charge is 0.489 e. The molecule has 6 rings (SSSR count). The molecule has 3 N–H and O–H groups in total. The molecule has 6 nitrogen and oxygen atoms in total. The normalized spacial score (nSPS) is 18.4. The summed E-state index contributed by atoms with van der Waals surface area (Å²) in [5.41, 5.74) is 5.95. The van der Waals surface area contributed by atoms with Gasteiger partial charge in [-0.1, -0.05) is 35.9 Å². The number of nitrogens with one attached hydrogen (secondary N) is 3. The van der Waals surface area contributed by atoms with Gasteiger partial charge in [-0.2, -0.15) is 0 Å². The van der Waals surface area contributed by atoms with Crippen LogP contribution in [0.25, 0.3) is 11.0 Å². The van der Waals surface area contributed by atoms with Gasteiger partial charge in [0, 0.05) is 18.0 Å². The van der Waals surface area contributed by atoms with Gasteiger partial charge in [-0.05, 0) is 99.1 Å². The number of rotatable bonds is 9. The van der Waals surface area contributed by atoms with Crippen molar-refractivity contribution in [3.8, 4) is 5.75 Å². The highest BCUT2D eigenvalue weighted by Gasteiger charge is 2.32. The highest BCUT2D eigenvalue weighted by atomic mass is 35.5. The highest BCUT2D eigenvalue weighted by molar-refractivity contribution is 6.30. The van der Waals surface area contributed by atoms with Crippen LogP contribution in [0.4, 0.5) is 11.4 Å². The van der Waals surface area contributed by atoms with Gasteiger partial charge in [-0.3, -0.25) is 0 Å². The molecule has 1 fully saturated rings. The molecule has 0 bridgehead atoms. The molecule has 4 aromatic rings. The summed E-state index contributed by atoms with van der Waals surface area (Å²) in [5.74, 6) is 3.19. The lowest BCUT2D eigenvalue weighted by atomic mass is 9.80. The van der Waals surface area contributed by atoms with Crippen molar-refractivity contribution >= 4 is 34.0 Å². The van der Waals surface area contributed by atoms with Crippen molar-refractivity contribution in [2.75, 3.05) is 36.5 Å². The summed E-state index contributed by atoms with van der Waals surface area (Å²) in [7, 11) is 0. The number of aromatic nitrogens is 2. The summed E-state index contributed by atoms with van der Waals surface area (Å²) in [6.45, 7) is 5.93. The van der Waals surface area contributed by atoms with Gasteiger partial charge in [-0.15, -0.1) is 0 Å². The average molecular weight is 530 g/mol. The number of ether oxygens (including phenoxy) is 1. The van der Waals surface area contributed by atoms with E-state index in [9.17, 15) is 0 Å². The topological polar surface area (TPSA) is 65.2 Å². The first-order chi connectivity index (χ1) is 18.6. The third-order valence-corrected chi connectivity index (χ3v) is 8.38. The molecule has 0 aliphatic carbocycles. The molecule has 2 atom stereocenters. The Morgan fingerprint density at radius 1 is 1.03 bits per heavy atom. The molecule has 0 amide bonds. The zero-order chi connectivity index (χ0) is 25.9. The Bertz CT molecular complexity index is 1330. The van der Waals surface area contributed by atoms with Gasteiger partial charge in [0.1, 0.15) is 24.3 Å². The third-order valence-electron chi connectivity index (χ3n) is 8.13. The van der Waals surface area contributed by atoms with E-state index in [-0.39, 0.29) is 6.17 Å². The Balaban J connectivity index is 1.21. The van der Waals surface area contributed by atoms with Crippen molar-refractivity contribution in [1.29, 1.82) is 0 Å². The number of anilines is 2. The second-order valence-corrected chi connectivity index (χ2v) is 11.1. The quantitative estimate of drug-likeness (QED) is 0.234. The van der Waals surface area contributed by atoms with Crippen molar-refractivity contribution in [3.05, 3.63) is 83.1 Å². The zero-order valence-corrected chi connectivity index (χ0v) is 22.7. The van der Waals surface area contributed by atoms with E-state index in [2.05, 4.69) is 69.9 Å². The highest BCUT2D eigenvalue weighted by Crippen LogP contribution is 2.39. The van der Waals surface area contributed by atoms with Crippen LogP contribution in [-0.2, 0) is 6.42 Å². The van der Waals surface area contributed by atoms with Crippen molar-refractivity contribution in [2.45, 2.75) is 38.8 Å². The Morgan fingerprint density at radius 3 is 2.66 bits per heavy atom. The molecule has 3 aromatic carbocycles. The fourth-order valence-electron chi connectivity index (χ4n) is 6.15. The van der Waals surface area contributed by atoms with Gasteiger partial charge in [0.2, 0.25) is 0 Å². The number of H-pyrrole nitrogens is 1. The summed E-state index contributed by atoms with van der Waals surface area (Å²) in [5, 5.41) is 7.99. The van der Waals surface area contributed by atoms with E-state index >= 15 is 0 Å². The fourth-order valence-corrected chi connectivity index (χ4v) is 6.28. The number of hydrogen-bond acceptors (Lipinski definition) is 5. The lowest BCUT2D eigenvalue weighted by molar-refractivity contribution is 0.239. The molecular formula is C31H36ClN5O. The van der Waals surface area contributed by atoms with E-state index in [0.29, 0.717) is 18.4 Å². The van der Waals surface area contributed by atoms with Crippen LogP contribution in [0.1, 0.15) is 30.7 Å². The summed E-state index contributed by atoms with van der Waals surface area (Å²) in [6, 6.07) is 22.5. The SMILES string of the molecule is Cc1cccc2c1N(CCC(Cc1nc3ccccc3[nH]1)C1CCNCC1)C(COc1ccc(Cl)cc1)N2. The van der Waals surface area contributed by atoms with Crippen molar-refractivity contribution < 1.29 is 4.74 Å². The second kappa shape index (κ2) is 11.3. The summed E-state index contributed by atoms with van der Waals surface area (Å²) < 4.78 is 6.21. The Morgan fingerprint density at radius 2 is 1.84 bits per heavy atom. The van der Waals surface area contributed by atoms with Crippen LogP contribution in [-0.4, -0.2) is 42.4 Å². The van der Waals surface area contributed by atoms with Crippen LogP contribution in [0.5, 0.6) is 5.75 Å².